The molecule has 0 aliphatic carbocycles. The van der Waals surface area contributed by atoms with Crippen molar-refractivity contribution in [3.8, 4) is 0 Å². The number of pyridine rings is 1. The standard InChI is InChI=1S/C14H14BrN/c1-11(4-3-8-15)13-6-2-5-12-7-9-16-10-14(12)13/h2,4-7,9-10H,3,8H2,1H3/b11-4-. The van der Waals surface area contributed by atoms with Crippen molar-refractivity contribution in [1.29, 1.82) is 0 Å². The van der Waals surface area contributed by atoms with Crippen LogP contribution in [0, 0.1) is 0 Å². The maximum Gasteiger partial charge on any atom is 0.0352 e. The molecule has 1 aromatic heterocycles. The van der Waals surface area contributed by atoms with E-state index in [4.69, 9.17) is 0 Å². The normalized spacial score (nSPS) is 12.0. The molecule has 0 spiro atoms. The molecule has 0 amide bonds. The summed E-state index contributed by atoms with van der Waals surface area (Å²) in [5.41, 5.74) is 2.60. The Bertz CT molecular complexity index is 512. The van der Waals surface area contributed by atoms with Gasteiger partial charge in [-0.05, 0) is 35.9 Å². The van der Waals surface area contributed by atoms with Crippen molar-refractivity contribution in [3.05, 3.63) is 48.3 Å². The molecule has 2 heteroatoms. The monoisotopic (exact) mass is 275 g/mol. The van der Waals surface area contributed by atoms with Gasteiger partial charge in [-0.15, -0.1) is 0 Å². The molecule has 0 bridgehead atoms. The van der Waals surface area contributed by atoms with E-state index in [1.807, 2.05) is 12.4 Å². The Morgan fingerprint density at radius 2 is 2.25 bits per heavy atom. The number of alkyl halides is 1. The second kappa shape index (κ2) is 5.26. The lowest BCUT2D eigenvalue weighted by Crippen LogP contribution is -1.85. The summed E-state index contributed by atoms with van der Waals surface area (Å²) < 4.78 is 0. The van der Waals surface area contributed by atoms with E-state index in [1.54, 1.807) is 0 Å². The second-order valence-corrected chi connectivity index (χ2v) is 4.56. The van der Waals surface area contributed by atoms with Crippen LogP contribution in [0.15, 0.2) is 42.7 Å². The molecule has 0 fully saturated rings. The second-order valence-electron chi connectivity index (χ2n) is 3.77. The summed E-state index contributed by atoms with van der Waals surface area (Å²) >= 11 is 3.44. The van der Waals surface area contributed by atoms with E-state index in [2.05, 4.69) is 58.2 Å². The number of allylic oxidation sites excluding steroid dienone is 2. The van der Waals surface area contributed by atoms with Crippen LogP contribution in [0.2, 0.25) is 0 Å². The molecule has 1 heterocycles. The third-order valence-corrected chi connectivity index (χ3v) is 3.13. The van der Waals surface area contributed by atoms with E-state index < -0.39 is 0 Å². The maximum atomic E-state index is 4.20. The predicted molar refractivity (Wildman–Crippen MR) is 73.8 cm³/mol. The molecule has 0 saturated heterocycles. The topological polar surface area (TPSA) is 12.9 Å². The Morgan fingerprint density at radius 1 is 1.38 bits per heavy atom. The zero-order valence-corrected chi connectivity index (χ0v) is 10.9. The van der Waals surface area contributed by atoms with Crippen LogP contribution in [0.3, 0.4) is 0 Å². The third-order valence-electron chi connectivity index (χ3n) is 2.67. The minimum atomic E-state index is 1.01. The van der Waals surface area contributed by atoms with Crippen molar-refractivity contribution in [2.24, 2.45) is 0 Å². The van der Waals surface area contributed by atoms with Gasteiger partial charge < -0.3 is 0 Å². The first kappa shape index (κ1) is 11.3. The quantitative estimate of drug-likeness (QED) is 0.756. The average molecular weight is 276 g/mol. The fourth-order valence-corrected chi connectivity index (χ4v) is 2.07. The number of fused-ring (bicyclic) bond motifs is 1. The van der Waals surface area contributed by atoms with Gasteiger partial charge >= 0.3 is 0 Å². The molecule has 1 nitrogen and oxygen atoms in total. The molecule has 0 saturated carbocycles. The van der Waals surface area contributed by atoms with Crippen LogP contribution in [-0.2, 0) is 0 Å². The number of hydrogen-bond donors (Lipinski definition) is 0. The molecule has 0 N–H and O–H groups in total. The molecule has 0 aliphatic heterocycles. The molecule has 16 heavy (non-hydrogen) atoms. The van der Waals surface area contributed by atoms with Gasteiger partial charge in [0, 0.05) is 23.1 Å². The van der Waals surface area contributed by atoms with E-state index in [9.17, 15) is 0 Å². The molecule has 82 valence electrons. The lowest BCUT2D eigenvalue weighted by Gasteiger charge is -2.06. The highest BCUT2D eigenvalue weighted by Gasteiger charge is 2.01. The number of aromatic nitrogens is 1. The van der Waals surface area contributed by atoms with E-state index in [0.717, 1.165) is 11.8 Å². The van der Waals surface area contributed by atoms with Crippen molar-refractivity contribution in [1.82, 2.24) is 4.98 Å². The van der Waals surface area contributed by atoms with Crippen LogP contribution in [0.25, 0.3) is 16.3 Å². The summed E-state index contributed by atoms with van der Waals surface area (Å²) in [6.45, 7) is 2.16. The summed E-state index contributed by atoms with van der Waals surface area (Å²) in [7, 11) is 0. The fraction of sp³-hybridized carbons (Fsp3) is 0.214. The fourth-order valence-electron chi connectivity index (χ4n) is 1.84. The van der Waals surface area contributed by atoms with Crippen LogP contribution >= 0.6 is 15.9 Å². The van der Waals surface area contributed by atoms with Gasteiger partial charge in [-0.3, -0.25) is 4.98 Å². The zero-order chi connectivity index (χ0) is 11.4. The van der Waals surface area contributed by atoms with Gasteiger partial charge in [-0.2, -0.15) is 0 Å². The van der Waals surface area contributed by atoms with Crippen LogP contribution in [0.4, 0.5) is 0 Å². The summed E-state index contributed by atoms with van der Waals surface area (Å²) in [4.78, 5) is 4.20. The van der Waals surface area contributed by atoms with Gasteiger partial charge in [0.05, 0.1) is 0 Å². The van der Waals surface area contributed by atoms with Crippen molar-refractivity contribution >= 4 is 32.3 Å². The highest BCUT2D eigenvalue weighted by atomic mass is 79.9. The summed E-state index contributed by atoms with van der Waals surface area (Å²) in [5, 5.41) is 3.49. The van der Waals surface area contributed by atoms with Crippen LogP contribution < -0.4 is 0 Å². The molecular formula is C14H14BrN. The summed E-state index contributed by atoms with van der Waals surface area (Å²) in [6, 6.07) is 8.43. The lowest BCUT2D eigenvalue weighted by molar-refractivity contribution is 1.26. The van der Waals surface area contributed by atoms with E-state index in [1.165, 1.54) is 21.9 Å². The minimum Gasteiger partial charge on any atom is -0.264 e. The largest absolute Gasteiger partial charge is 0.264 e. The molecule has 0 radical (unpaired) electrons. The Kier molecular flexibility index (Phi) is 3.73. The Balaban J connectivity index is 2.52. The lowest BCUT2D eigenvalue weighted by atomic mass is 10.0. The summed E-state index contributed by atoms with van der Waals surface area (Å²) in [6.07, 6.45) is 7.10. The molecule has 2 aromatic rings. The smallest absolute Gasteiger partial charge is 0.0352 e. The average Bonchev–Trinajstić information content (AvgIpc) is 2.35. The van der Waals surface area contributed by atoms with Gasteiger partial charge in [0.2, 0.25) is 0 Å². The number of hydrogen-bond acceptors (Lipinski definition) is 1. The zero-order valence-electron chi connectivity index (χ0n) is 9.28. The van der Waals surface area contributed by atoms with Gasteiger partial charge in [0.15, 0.2) is 0 Å². The molecule has 0 aliphatic rings. The van der Waals surface area contributed by atoms with Crippen molar-refractivity contribution in [2.75, 3.05) is 5.33 Å². The first-order valence-electron chi connectivity index (χ1n) is 5.39. The van der Waals surface area contributed by atoms with Gasteiger partial charge in [-0.1, -0.05) is 40.2 Å². The van der Waals surface area contributed by atoms with Gasteiger partial charge in [-0.25, -0.2) is 0 Å². The first-order valence-corrected chi connectivity index (χ1v) is 6.51. The van der Waals surface area contributed by atoms with E-state index in [0.29, 0.717) is 0 Å². The highest BCUT2D eigenvalue weighted by Crippen LogP contribution is 2.24. The van der Waals surface area contributed by atoms with E-state index in [-0.39, 0.29) is 0 Å². The molecule has 0 atom stereocenters. The number of halogens is 1. The van der Waals surface area contributed by atoms with Crippen molar-refractivity contribution in [3.63, 3.8) is 0 Å². The molecule has 0 unspecified atom stereocenters. The van der Waals surface area contributed by atoms with Crippen LogP contribution in [-0.4, -0.2) is 10.3 Å². The van der Waals surface area contributed by atoms with Crippen molar-refractivity contribution < 1.29 is 0 Å². The first-order chi connectivity index (χ1) is 7.83. The number of rotatable bonds is 3. The summed E-state index contributed by atoms with van der Waals surface area (Å²) in [5.74, 6) is 0. The number of nitrogens with zero attached hydrogens (tertiary/aromatic N) is 1. The maximum absolute atomic E-state index is 4.20. The highest BCUT2D eigenvalue weighted by molar-refractivity contribution is 9.09. The minimum absolute atomic E-state index is 1.01. The van der Waals surface area contributed by atoms with Crippen molar-refractivity contribution in [2.45, 2.75) is 13.3 Å². The Labute approximate surface area is 104 Å². The molecule has 1 aromatic carbocycles. The Hall–Kier alpha value is -1.15. The molecule has 2 rings (SSSR count). The van der Waals surface area contributed by atoms with Crippen LogP contribution in [0.5, 0.6) is 0 Å². The predicted octanol–water partition coefficient (Wildman–Crippen LogP) is 4.42. The third kappa shape index (κ3) is 2.33. The SMILES string of the molecule is C/C(=C/CCBr)c1cccc2ccncc12. The van der Waals surface area contributed by atoms with Gasteiger partial charge in [0.25, 0.3) is 0 Å². The number of benzene rings is 1. The van der Waals surface area contributed by atoms with E-state index >= 15 is 0 Å². The molecular weight excluding hydrogens is 262 g/mol. The van der Waals surface area contributed by atoms with Crippen LogP contribution in [0.1, 0.15) is 18.9 Å². The Morgan fingerprint density at radius 3 is 3.06 bits per heavy atom. The van der Waals surface area contributed by atoms with Gasteiger partial charge in [0.1, 0.15) is 0 Å².